The number of nitrogens with one attached hydrogen (secondary N) is 3. The van der Waals surface area contributed by atoms with Gasteiger partial charge in [-0.3, -0.25) is 5.10 Å². The van der Waals surface area contributed by atoms with Crippen molar-refractivity contribution in [2.75, 3.05) is 7.11 Å². The second-order valence-corrected chi connectivity index (χ2v) is 6.51. The molecule has 7 heteroatoms. The molecule has 0 spiro atoms. The van der Waals surface area contributed by atoms with E-state index in [-0.39, 0.29) is 12.1 Å². The molecular weight excluding hydrogens is 330 g/mol. The lowest BCUT2D eigenvalue weighted by atomic mass is 9.88. The summed E-state index contributed by atoms with van der Waals surface area (Å²) in [5, 5.41) is 14.0. The molecule has 1 aliphatic carbocycles. The topological polar surface area (TPSA) is 91.9 Å². The fraction of sp³-hybridized carbons (Fsp3) is 0.316. The van der Waals surface area contributed by atoms with Crippen LogP contribution in [0.15, 0.2) is 36.7 Å². The molecule has 1 atom stereocenters. The maximum absolute atomic E-state index is 12.2. The Labute approximate surface area is 151 Å². The van der Waals surface area contributed by atoms with Gasteiger partial charge < -0.3 is 15.4 Å². The van der Waals surface area contributed by atoms with Crippen LogP contribution in [0.4, 0.5) is 4.79 Å². The Morgan fingerprint density at radius 3 is 3.19 bits per heavy atom. The molecular formula is C19H21N5O2. The molecule has 0 saturated carbocycles. The quantitative estimate of drug-likeness (QED) is 0.673. The van der Waals surface area contributed by atoms with Crippen LogP contribution in [-0.2, 0) is 19.4 Å². The summed E-state index contributed by atoms with van der Waals surface area (Å²) in [5.41, 5.74) is 4.30. The zero-order valence-corrected chi connectivity index (χ0v) is 14.6. The van der Waals surface area contributed by atoms with E-state index in [0.717, 1.165) is 41.6 Å². The van der Waals surface area contributed by atoms with Crippen LogP contribution in [0.3, 0.4) is 0 Å². The number of amides is 2. The van der Waals surface area contributed by atoms with Crippen molar-refractivity contribution in [1.29, 1.82) is 0 Å². The average Bonchev–Trinajstić information content (AvgIpc) is 3.15. The third-order valence-electron chi connectivity index (χ3n) is 4.81. The smallest absolute Gasteiger partial charge is 0.315 e. The number of nitrogens with zero attached hydrogens (tertiary/aromatic N) is 2. The van der Waals surface area contributed by atoms with Crippen LogP contribution in [0, 0.1) is 0 Å². The number of rotatable bonds is 4. The van der Waals surface area contributed by atoms with Gasteiger partial charge >= 0.3 is 6.03 Å². The van der Waals surface area contributed by atoms with Gasteiger partial charge in [0.05, 0.1) is 13.3 Å². The molecule has 0 saturated heterocycles. The number of carbonyl (C=O) groups excluding carboxylic acids is 1. The molecule has 1 aromatic carbocycles. The third-order valence-corrected chi connectivity index (χ3v) is 4.81. The Morgan fingerprint density at radius 1 is 1.38 bits per heavy atom. The molecule has 3 N–H and O–H groups in total. The number of H-pyrrole nitrogens is 1. The van der Waals surface area contributed by atoms with Gasteiger partial charge in [-0.1, -0.05) is 12.1 Å². The number of hydrogen-bond acceptors (Lipinski definition) is 4. The molecule has 4 rings (SSSR count). The molecule has 2 aromatic heterocycles. The predicted octanol–water partition coefficient (Wildman–Crippen LogP) is 2.32. The van der Waals surface area contributed by atoms with Crippen LogP contribution < -0.4 is 15.4 Å². The van der Waals surface area contributed by atoms with E-state index in [1.54, 1.807) is 7.11 Å². The maximum atomic E-state index is 12.2. The number of aromatic nitrogens is 3. The first-order valence-corrected chi connectivity index (χ1v) is 8.70. The van der Waals surface area contributed by atoms with Gasteiger partial charge in [0.15, 0.2) is 5.65 Å². The molecule has 26 heavy (non-hydrogen) atoms. The van der Waals surface area contributed by atoms with Crippen LogP contribution in [0.2, 0.25) is 0 Å². The molecule has 134 valence electrons. The number of methoxy groups -OCH3 is 1. The van der Waals surface area contributed by atoms with Gasteiger partial charge in [-0.15, -0.1) is 0 Å². The highest BCUT2D eigenvalue weighted by atomic mass is 16.5. The van der Waals surface area contributed by atoms with Crippen molar-refractivity contribution in [3.63, 3.8) is 0 Å². The Bertz CT molecular complexity index is 937. The molecule has 0 fully saturated rings. The number of fused-ring (bicyclic) bond motifs is 3. The lowest BCUT2D eigenvalue weighted by Crippen LogP contribution is -2.44. The zero-order valence-electron chi connectivity index (χ0n) is 14.6. The van der Waals surface area contributed by atoms with Gasteiger partial charge in [0.2, 0.25) is 0 Å². The van der Waals surface area contributed by atoms with Crippen molar-refractivity contribution in [2.24, 2.45) is 0 Å². The Balaban J connectivity index is 1.35. The maximum Gasteiger partial charge on any atom is 0.315 e. The highest BCUT2D eigenvalue weighted by molar-refractivity contribution is 5.79. The molecule has 0 radical (unpaired) electrons. The van der Waals surface area contributed by atoms with E-state index in [0.29, 0.717) is 6.54 Å². The lowest BCUT2D eigenvalue weighted by molar-refractivity contribution is 0.235. The molecule has 3 aromatic rings. The highest BCUT2D eigenvalue weighted by Gasteiger charge is 2.22. The molecule has 2 heterocycles. The first-order valence-electron chi connectivity index (χ1n) is 8.70. The van der Waals surface area contributed by atoms with Crippen LogP contribution in [0.5, 0.6) is 5.75 Å². The summed E-state index contributed by atoms with van der Waals surface area (Å²) in [5.74, 6) is 0.784. The van der Waals surface area contributed by atoms with E-state index < -0.39 is 0 Å². The minimum Gasteiger partial charge on any atom is -0.497 e. The number of ether oxygens (including phenoxy) is 1. The summed E-state index contributed by atoms with van der Waals surface area (Å²) in [6.45, 7) is 0.462. The van der Waals surface area contributed by atoms with Crippen molar-refractivity contribution in [2.45, 2.75) is 31.8 Å². The van der Waals surface area contributed by atoms with Gasteiger partial charge in [-0.2, -0.15) is 5.10 Å². The van der Waals surface area contributed by atoms with Gasteiger partial charge in [0.1, 0.15) is 5.75 Å². The fourth-order valence-corrected chi connectivity index (χ4v) is 3.47. The normalized spacial score (nSPS) is 16.1. The molecule has 1 aliphatic rings. The molecule has 0 aliphatic heterocycles. The largest absolute Gasteiger partial charge is 0.497 e. The van der Waals surface area contributed by atoms with Gasteiger partial charge in [-0.25, -0.2) is 9.78 Å². The van der Waals surface area contributed by atoms with Crippen molar-refractivity contribution in [3.05, 3.63) is 53.3 Å². The monoisotopic (exact) mass is 351 g/mol. The third kappa shape index (κ3) is 3.33. The summed E-state index contributed by atoms with van der Waals surface area (Å²) in [6.07, 6.45) is 6.32. The number of hydrogen-bond donors (Lipinski definition) is 3. The Kier molecular flexibility index (Phi) is 4.43. The van der Waals surface area contributed by atoms with E-state index in [1.165, 1.54) is 11.1 Å². The van der Waals surface area contributed by atoms with Crippen molar-refractivity contribution in [1.82, 2.24) is 25.8 Å². The van der Waals surface area contributed by atoms with E-state index >= 15 is 0 Å². The van der Waals surface area contributed by atoms with E-state index in [1.807, 2.05) is 36.7 Å². The molecule has 1 unspecified atom stereocenters. The average molecular weight is 351 g/mol. The fourth-order valence-electron chi connectivity index (χ4n) is 3.47. The van der Waals surface area contributed by atoms with Crippen LogP contribution >= 0.6 is 0 Å². The zero-order chi connectivity index (χ0) is 17.9. The second-order valence-electron chi connectivity index (χ2n) is 6.51. The minimum absolute atomic E-state index is 0.110. The summed E-state index contributed by atoms with van der Waals surface area (Å²) >= 11 is 0. The summed E-state index contributed by atoms with van der Waals surface area (Å²) in [6, 6.07) is 7.63. The van der Waals surface area contributed by atoms with Crippen LogP contribution in [0.1, 0.15) is 23.1 Å². The number of benzene rings is 1. The lowest BCUT2D eigenvalue weighted by Gasteiger charge is -2.25. The SMILES string of the molecule is COc1cccc(CNC(=O)NC2CCc3c(cnc4[nH]ncc34)C2)c1. The summed E-state index contributed by atoms with van der Waals surface area (Å²) in [4.78, 5) is 16.6. The highest BCUT2D eigenvalue weighted by Crippen LogP contribution is 2.26. The summed E-state index contributed by atoms with van der Waals surface area (Å²) in [7, 11) is 1.63. The van der Waals surface area contributed by atoms with Crippen LogP contribution in [-0.4, -0.2) is 34.4 Å². The number of pyridine rings is 1. The Morgan fingerprint density at radius 2 is 2.31 bits per heavy atom. The summed E-state index contributed by atoms with van der Waals surface area (Å²) < 4.78 is 5.20. The second kappa shape index (κ2) is 7.03. The predicted molar refractivity (Wildman–Crippen MR) is 98.1 cm³/mol. The van der Waals surface area contributed by atoms with Crippen molar-refractivity contribution in [3.8, 4) is 5.75 Å². The van der Waals surface area contributed by atoms with Gasteiger partial charge in [-0.05, 0) is 48.1 Å². The van der Waals surface area contributed by atoms with E-state index in [2.05, 4.69) is 25.8 Å². The number of aryl methyl sites for hydroxylation is 1. The van der Waals surface area contributed by atoms with Gasteiger partial charge in [0, 0.05) is 24.2 Å². The van der Waals surface area contributed by atoms with E-state index in [9.17, 15) is 4.79 Å². The van der Waals surface area contributed by atoms with Crippen molar-refractivity contribution < 1.29 is 9.53 Å². The van der Waals surface area contributed by atoms with Crippen molar-refractivity contribution >= 4 is 17.1 Å². The standard InChI is InChI=1S/C19H21N5O2/c1-26-15-4-2-3-12(7-15)9-21-19(25)23-14-5-6-16-13(8-14)10-20-18-17(16)11-22-24-18/h2-4,7,10-11,14H,5-6,8-9H2,1H3,(H,20,22,24)(H2,21,23,25). The number of aromatic amines is 1. The minimum atomic E-state index is -0.154. The van der Waals surface area contributed by atoms with Gasteiger partial charge in [0.25, 0.3) is 0 Å². The number of urea groups is 1. The molecule has 7 nitrogen and oxygen atoms in total. The van der Waals surface area contributed by atoms with E-state index in [4.69, 9.17) is 4.74 Å². The number of carbonyl (C=O) groups is 1. The molecule has 0 bridgehead atoms. The first-order chi connectivity index (χ1) is 12.7. The molecule has 2 amide bonds. The first kappa shape index (κ1) is 16.4. The Hall–Kier alpha value is -3.09. The van der Waals surface area contributed by atoms with Crippen LogP contribution in [0.25, 0.3) is 11.0 Å².